The Bertz CT molecular complexity index is 1070. The minimum Gasteiger partial charge on any atom is -0.444 e. The lowest BCUT2D eigenvalue weighted by atomic mass is 10.2. The second kappa shape index (κ2) is 10.0. The van der Waals surface area contributed by atoms with E-state index in [9.17, 15) is 4.79 Å². The lowest BCUT2D eigenvalue weighted by molar-refractivity contribution is 0.0240. The monoisotopic (exact) mass is 499 g/mol. The predicted molar refractivity (Wildman–Crippen MR) is 135 cm³/mol. The predicted octanol–water partition coefficient (Wildman–Crippen LogP) is 3.53. The van der Waals surface area contributed by atoms with Crippen LogP contribution in [0.5, 0.6) is 0 Å². The molecule has 3 fully saturated rings. The smallest absolute Gasteiger partial charge is 0.410 e. The van der Waals surface area contributed by atoms with E-state index >= 15 is 4.39 Å². The van der Waals surface area contributed by atoms with Gasteiger partial charge in [-0.1, -0.05) is 0 Å². The summed E-state index contributed by atoms with van der Waals surface area (Å²) in [6, 6.07) is 1.71. The van der Waals surface area contributed by atoms with Crippen LogP contribution in [0.3, 0.4) is 0 Å². The molecule has 2 saturated heterocycles. The van der Waals surface area contributed by atoms with E-state index in [0.29, 0.717) is 75.7 Å². The number of hydrogen-bond acceptors (Lipinski definition) is 9. The lowest BCUT2D eigenvalue weighted by Crippen LogP contribution is -2.50. The molecular weight excluding hydrogens is 465 g/mol. The van der Waals surface area contributed by atoms with Gasteiger partial charge in [-0.25, -0.2) is 19.2 Å². The Morgan fingerprint density at radius 3 is 2.36 bits per heavy atom. The van der Waals surface area contributed by atoms with Gasteiger partial charge in [0.25, 0.3) is 0 Å². The third-order valence-electron chi connectivity index (χ3n) is 6.43. The molecule has 36 heavy (non-hydrogen) atoms. The molecule has 2 aromatic heterocycles. The molecular formula is C25H34FN7O3. The fourth-order valence-corrected chi connectivity index (χ4v) is 4.36. The molecule has 194 valence electrons. The first-order valence-corrected chi connectivity index (χ1v) is 12.6. The molecule has 1 amide bonds. The zero-order chi connectivity index (χ0) is 25.3. The number of morpholine rings is 1. The summed E-state index contributed by atoms with van der Waals surface area (Å²) in [6.45, 7) is 9.58. The Hall–Kier alpha value is -3.21. The first-order chi connectivity index (χ1) is 17.3. The largest absolute Gasteiger partial charge is 0.444 e. The van der Waals surface area contributed by atoms with Gasteiger partial charge in [0, 0.05) is 51.3 Å². The Labute approximate surface area is 210 Å². The van der Waals surface area contributed by atoms with E-state index in [-0.39, 0.29) is 17.7 Å². The van der Waals surface area contributed by atoms with Crippen LogP contribution < -0.4 is 15.1 Å². The fourth-order valence-electron chi connectivity index (χ4n) is 4.36. The van der Waals surface area contributed by atoms with Crippen molar-refractivity contribution in [2.45, 2.75) is 45.1 Å². The van der Waals surface area contributed by atoms with Crippen LogP contribution in [-0.4, -0.2) is 84.0 Å². The van der Waals surface area contributed by atoms with E-state index in [1.54, 1.807) is 23.4 Å². The highest BCUT2D eigenvalue weighted by molar-refractivity contribution is 5.70. The highest BCUT2D eigenvalue weighted by Crippen LogP contribution is 2.38. The molecule has 0 spiro atoms. The second-order valence-electron chi connectivity index (χ2n) is 10.4. The van der Waals surface area contributed by atoms with Crippen molar-refractivity contribution in [3.63, 3.8) is 0 Å². The molecule has 1 N–H and O–H groups in total. The van der Waals surface area contributed by atoms with Gasteiger partial charge in [-0.05, 0) is 33.6 Å². The number of carbonyl (C=O) groups is 1. The van der Waals surface area contributed by atoms with Crippen molar-refractivity contribution < 1.29 is 18.7 Å². The van der Waals surface area contributed by atoms with Gasteiger partial charge in [-0.15, -0.1) is 0 Å². The topological polar surface area (TPSA) is 96.0 Å². The number of rotatable bonds is 5. The Balaban J connectivity index is 1.36. The SMILES string of the molecule is CC(C)(C)OC(=O)N1CCN(c2cc(Nc3cnc(C4CC4)cn3)nc(N3CCOCC3)c2F)CC1. The normalized spacial score (nSPS) is 18.8. The maximum absolute atomic E-state index is 15.8. The first kappa shape index (κ1) is 24.5. The molecule has 11 heteroatoms. The summed E-state index contributed by atoms with van der Waals surface area (Å²) < 4.78 is 26.8. The minimum atomic E-state index is -0.557. The van der Waals surface area contributed by atoms with Gasteiger partial charge in [0.2, 0.25) is 0 Å². The highest BCUT2D eigenvalue weighted by Gasteiger charge is 2.29. The summed E-state index contributed by atoms with van der Waals surface area (Å²) in [6.07, 6.45) is 5.47. The van der Waals surface area contributed by atoms with Crippen molar-refractivity contribution in [1.82, 2.24) is 19.9 Å². The van der Waals surface area contributed by atoms with E-state index in [0.717, 1.165) is 18.5 Å². The van der Waals surface area contributed by atoms with Crippen LogP contribution in [0.4, 0.5) is 32.3 Å². The third kappa shape index (κ3) is 5.77. The molecule has 5 rings (SSSR count). The highest BCUT2D eigenvalue weighted by atomic mass is 19.1. The number of ether oxygens (including phenoxy) is 2. The van der Waals surface area contributed by atoms with Gasteiger partial charge in [0.1, 0.15) is 17.2 Å². The quantitative estimate of drug-likeness (QED) is 0.663. The zero-order valence-corrected chi connectivity index (χ0v) is 21.2. The molecule has 0 atom stereocenters. The molecule has 0 unspecified atom stereocenters. The molecule has 0 bridgehead atoms. The molecule has 0 radical (unpaired) electrons. The second-order valence-corrected chi connectivity index (χ2v) is 10.4. The molecule has 2 aromatic rings. The summed E-state index contributed by atoms with van der Waals surface area (Å²) in [7, 11) is 0. The summed E-state index contributed by atoms with van der Waals surface area (Å²) >= 11 is 0. The Kier molecular flexibility index (Phi) is 6.83. The van der Waals surface area contributed by atoms with Gasteiger partial charge in [-0.2, -0.15) is 0 Å². The fraction of sp³-hybridized carbons (Fsp3) is 0.600. The van der Waals surface area contributed by atoms with Crippen molar-refractivity contribution in [1.29, 1.82) is 0 Å². The Morgan fingerprint density at radius 2 is 1.75 bits per heavy atom. The number of nitrogens with zero attached hydrogens (tertiary/aromatic N) is 6. The maximum atomic E-state index is 15.8. The van der Waals surface area contributed by atoms with Gasteiger partial charge in [0.15, 0.2) is 11.6 Å². The number of piperazine rings is 1. The minimum absolute atomic E-state index is 0.287. The average molecular weight is 500 g/mol. The van der Waals surface area contributed by atoms with Crippen LogP contribution in [0.15, 0.2) is 18.5 Å². The van der Waals surface area contributed by atoms with Crippen LogP contribution >= 0.6 is 0 Å². The molecule has 1 saturated carbocycles. The van der Waals surface area contributed by atoms with Crippen molar-refractivity contribution >= 4 is 29.2 Å². The number of halogens is 1. The number of anilines is 4. The van der Waals surface area contributed by atoms with Crippen LogP contribution in [-0.2, 0) is 9.47 Å². The van der Waals surface area contributed by atoms with Gasteiger partial charge < -0.3 is 29.5 Å². The number of carbonyl (C=O) groups excluding carboxylic acids is 1. The van der Waals surface area contributed by atoms with Crippen molar-refractivity contribution in [2.75, 3.05) is 67.6 Å². The van der Waals surface area contributed by atoms with Crippen molar-refractivity contribution in [2.24, 2.45) is 0 Å². The van der Waals surface area contributed by atoms with E-state index < -0.39 is 5.60 Å². The number of amides is 1. The number of hydrogen-bond donors (Lipinski definition) is 1. The molecule has 2 aliphatic heterocycles. The molecule has 0 aromatic carbocycles. The van der Waals surface area contributed by atoms with Gasteiger partial charge in [0.05, 0.1) is 37.0 Å². The number of aromatic nitrogens is 3. The Morgan fingerprint density at radius 1 is 1.03 bits per heavy atom. The molecule has 4 heterocycles. The number of pyridine rings is 1. The standard InChI is InChI=1S/C25H34FN7O3/c1-25(2,3)36-24(34)33-8-6-31(7-9-33)19-14-20(29-21-16-27-18(15-28-21)17-4-5-17)30-23(22(19)26)32-10-12-35-13-11-32/h14-17H,4-13H2,1-3H3,(H,28,29,30). The van der Waals surface area contributed by atoms with Crippen LogP contribution in [0.2, 0.25) is 0 Å². The summed E-state index contributed by atoms with van der Waals surface area (Å²) in [4.78, 5) is 31.6. The summed E-state index contributed by atoms with van der Waals surface area (Å²) in [5.41, 5.74) is 0.893. The van der Waals surface area contributed by atoms with Crippen LogP contribution in [0.1, 0.15) is 45.2 Å². The van der Waals surface area contributed by atoms with E-state index in [1.807, 2.05) is 30.6 Å². The lowest BCUT2D eigenvalue weighted by Gasteiger charge is -2.37. The third-order valence-corrected chi connectivity index (χ3v) is 6.43. The van der Waals surface area contributed by atoms with Crippen LogP contribution in [0.25, 0.3) is 0 Å². The van der Waals surface area contributed by atoms with E-state index in [1.165, 1.54) is 0 Å². The zero-order valence-electron chi connectivity index (χ0n) is 21.2. The maximum Gasteiger partial charge on any atom is 0.410 e. The average Bonchev–Trinajstić information content (AvgIpc) is 3.71. The number of nitrogens with one attached hydrogen (secondary N) is 1. The van der Waals surface area contributed by atoms with E-state index in [2.05, 4.69) is 20.3 Å². The summed E-state index contributed by atoms with van der Waals surface area (Å²) in [5, 5.41) is 3.21. The van der Waals surface area contributed by atoms with Crippen LogP contribution in [0, 0.1) is 5.82 Å². The first-order valence-electron chi connectivity index (χ1n) is 12.6. The molecule has 1 aliphatic carbocycles. The van der Waals surface area contributed by atoms with E-state index in [4.69, 9.17) is 9.47 Å². The van der Waals surface area contributed by atoms with Crippen molar-refractivity contribution in [3.05, 3.63) is 30.0 Å². The summed E-state index contributed by atoms with van der Waals surface area (Å²) in [5.74, 6) is 1.50. The van der Waals surface area contributed by atoms with Gasteiger partial charge >= 0.3 is 6.09 Å². The van der Waals surface area contributed by atoms with Crippen molar-refractivity contribution in [3.8, 4) is 0 Å². The van der Waals surface area contributed by atoms with Gasteiger partial charge in [-0.3, -0.25) is 4.98 Å². The molecule has 10 nitrogen and oxygen atoms in total. The molecule has 3 aliphatic rings.